The number of benzene rings is 2. The minimum atomic E-state index is -0.659. The molecule has 18 heavy (non-hydrogen) atoms. The van der Waals surface area contributed by atoms with E-state index in [1.165, 1.54) is 16.4 Å². The highest BCUT2D eigenvalue weighted by Gasteiger charge is 2.14. The van der Waals surface area contributed by atoms with Gasteiger partial charge in [-0.15, -0.1) is 0 Å². The van der Waals surface area contributed by atoms with E-state index in [2.05, 4.69) is 79.7 Å². The Morgan fingerprint density at radius 2 is 1.28 bits per heavy atom. The molecular formula is C17H19Si. The Morgan fingerprint density at radius 3 is 1.72 bits per heavy atom. The molecule has 0 aliphatic carbocycles. The van der Waals surface area contributed by atoms with Gasteiger partial charge in [0.2, 0.25) is 0 Å². The van der Waals surface area contributed by atoms with Crippen molar-refractivity contribution < 1.29 is 0 Å². The highest BCUT2D eigenvalue weighted by atomic mass is 28.3. The van der Waals surface area contributed by atoms with Crippen LogP contribution in [-0.2, 0) is 0 Å². The van der Waals surface area contributed by atoms with Crippen molar-refractivity contribution in [3.63, 3.8) is 0 Å². The summed E-state index contributed by atoms with van der Waals surface area (Å²) in [4.78, 5) is 0. The second-order valence-electron chi connectivity index (χ2n) is 4.29. The molecule has 0 saturated heterocycles. The fraction of sp³-hybridized carbons (Fsp3) is 0.176. The van der Waals surface area contributed by atoms with Gasteiger partial charge >= 0.3 is 0 Å². The number of allylic oxidation sites excluding steroid dienone is 2. The van der Waals surface area contributed by atoms with Crippen LogP contribution in [0.1, 0.15) is 13.3 Å². The highest BCUT2D eigenvalue weighted by molar-refractivity contribution is 6.85. The molecule has 0 nitrogen and oxygen atoms in total. The first kappa shape index (κ1) is 12.8. The summed E-state index contributed by atoms with van der Waals surface area (Å²) in [6, 6.07) is 23.0. The average Bonchev–Trinajstić information content (AvgIpc) is 2.46. The van der Waals surface area contributed by atoms with Crippen LogP contribution >= 0.6 is 0 Å². The summed E-state index contributed by atoms with van der Waals surface area (Å²) >= 11 is 0. The lowest BCUT2D eigenvalue weighted by Crippen LogP contribution is -2.41. The minimum Gasteiger partial charge on any atom is -0.0908 e. The van der Waals surface area contributed by atoms with Crippen LogP contribution in [0.3, 0.4) is 0 Å². The van der Waals surface area contributed by atoms with Crippen molar-refractivity contribution in [2.24, 2.45) is 0 Å². The summed E-state index contributed by atoms with van der Waals surface area (Å²) in [6.45, 7) is 2.19. The highest BCUT2D eigenvalue weighted by Crippen LogP contribution is 2.00. The van der Waals surface area contributed by atoms with Gasteiger partial charge in [0.05, 0.1) is 0 Å². The second-order valence-corrected chi connectivity index (χ2v) is 6.81. The van der Waals surface area contributed by atoms with Gasteiger partial charge in [-0.1, -0.05) is 90.1 Å². The normalized spacial score (nSPS) is 11.2. The smallest absolute Gasteiger partial charge is 0.0908 e. The lowest BCUT2D eigenvalue weighted by Gasteiger charge is -2.13. The van der Waals surface area contributed by atoms with Gasteiger partial charge in [0.25, 0.3) is 0 Å². The lowest BCUT2D eigenvalue weighted by atomic mass is 10.4. The third kappa shape index (κ3) is 3.44. The monoisotopic (exact) mass is 251 g/mol. The van der Waals surface area contributed by atoms with Crippen molar-refractivity contribution in [3.05, 3.63) is 72.8 Å². The molecule has 2 aromatic carbocycles. The Kier molecular flexibility index (Phi) is 4.97. The van der Waals surface area contributed by atoms with Gasteiger partial charge in [-0.25, -0.2) is 0 Å². The van der Waals surface area contributed by atoms with Crippen LogP contribution in [0, 0.1) is 0 Å². The molecule has 91 valence electrons. The van der Waals surface area contributed by atoms with Crippen molar-refractivity contribution in [1.82, 2.24) is 0 Å². The van der Waals surface area contributed by atoms with Crippen LogP contribution in [0.2, 0.25) is 6.04 Å². The topological polar surface area (TPSA) is 0 Å². The first-order chi connectivity index (χ1) is 8.92. The van der Waals surface area contributed by atoms with Crippen LogP contribution in [0.15, 0.2) is 72.8 Å². The zero-order valence-electron chi connectivity index (χ0n) is 10.8. The molecular weight excluding hydrogens is 232 g/mol. The van der Waals surface area contributed by atoms with E-state index >= 15 is 0 Å². The van der Waals surface area contributed by atoms with Crippen molar-refractivity contribution >= 4 is 19.2 Å². The predicted octanol–water partition coefficient (Wildman–Crippen LogP) is 3.26. The Hall–Kier alpha value is -1.60. The zero-order valence-corrected chi connectivity index (χ0v) is 11.8. The molecule has 0 heterocycles. The van der Waals surface area contributed by atoms with E-state index in [1.807, 2.05) is 0 Å². The molecule has 0 saturated carbocycles. The van der Waals surface area contributed by atoms with E-state index in [0.29, 0.717) is 0 Å². The van der Waals surface area contributed by atoms with Crippen molar-refractivity contribution in [2.45, 2.75) is 19.4 Å². The van der Waals surface area contributed by atoms with Gasteiger partial charge in [-0.2, -0.15) is 0 Å². The maximum Gasteiger partial charge on any atom is 0.125 e. The molecule has 0 fully saturated rings. The fourth-order valence-corrected chi connectivity index (χ4v) is 4.45. The summed E-state index contributed by atoms with van der Waals surface area (Å²) in [5.41, 5.74) is 0. The molecule has 0 amide bonds. The molecule has 0 spiro atoms. The molecule has 1 heteroatoms. The van der Waals surface area contributed by atoms with E-state index in [4.69, 9.17) is 0 Å². The quantitative estimate of drug-likeness (QED) is 0.565. The molecule has 2 aromatic rings. The van der Waals surface area contributed by atoms with Crippen molar-refractivity contribution in [3.8, 4) is 0 Å². The summed E-state index contributed by atoms with van der Waals surface area (Å²) in [5.74, 6) is 0. The van der Waals surface area contributed by atoms with E-state index in [0.717, 1.165) is 6.42 Å². The first-order valence-electron chi connectivity index (χ1n) is 6.53. The van der Waals surface area contributed by atoms with Gasteiger partial charge in [0, 0.05) is 0 Å². The molecule has 0 aromatic heterocycles. The van der Waals surface area contributed by atoms with Crippen molar-refractivity contribution in [1.29, 1.82) is 0 Å². The summed E-state index contributed by atoms with van der Waals surface area (Å²) in [6.07, 6.45) is 5.74. The van der Waals surface area contributed by atoms with Gasteiger partial charge in [-0.3, -0.25) is 0 Å². The van der Waals surface area contributed by atoms with Crippen LogP contribution in [-0.4, -0.2) is 8.80 Å². The maximum atomic E-state index is 2.34. The van der Waals surface area contributed by atoms with E-state index in [-0.39, 0.29) is 0 Å². The minimum absolute atomic E-state index is 0.659. The largest absolute Gasteiger partial charge is 0.125 e. The van der Waals surface area contributed by atoms with Crippen LogP contribution in [0.4, 0.5) is 0 Å². The Bertz CT molecular complexity index is 434. The van der Waals surface area contributed by atoms with E-state index in [1.54, 1.807) is 0 Å². The second kappa shape index (κ2) is 6.97. The van der Waals surface area contributed by atoms with Crippen LogP contribution < -0.4 is 10.4 Å². The fourth-order valence-electron chi connectivity index (χ4n) is 2.05. The van der Waals surface area contributed by atoms with Gasteiger partial charge in [-0.05, 0) is 12.5 Å². The Morgan fingerprint density at radius 1 is 0.778 bits per heavy atom. The first-order valence-corrected chi connectivity index (χ1v) is 8.24. The molecule has 2 rings (SSSR count). The van der Waals surface area contributed by atoms with Crippen LogP contribution in [0.25, 0.3) is 0 Å². The molecule has 0 unspecified atom stereocenters. The molecule has 1 radical (unpaired) electrons. The van der Waals surface area contributed by atoms with E-state index in [9.17, 15) is 0 Å². The maximum absolute atomic E-state index is 2.34. The Labute approximate surface area is 112 Å². The lowest BCUT2D eigenvalue weighted by molar-refractivity contribution is 1.22. The third-order valence-electron chi connectivity index (χ3n) is 2.97. The van der Waals surface area contributed by atoms with Gasteiger partial charge < -0.3 is 0 Å². The molecule has 0 aliphatic heterocycles. The van der Waals surface area contributed by atoms with Crippen molar-refractivity contribution in [2.75, 3.05) is 0 Å². The molecule has 0 atom stereocenters. The molecule has 0 N–H and O–H groups in total. The van der Waals surface area contributed by atoms with Gasteiger partial charge in [0.1, 0.15) is 8.80 Å². The summed E-state index contributed by atoms with van der Waals surface area (Å²) < 4.78 is 0. The van der Waals surface area contributed by atoms with E-state index < -0.39 is 8.80 Å². The summed E-state index contributed by atoms with van der Waals surface area (Å²) in [7, 11) is -0.659. The average molecular weight is 251 g/mol. The molecule has 0 bridgehead atoms. The SMILES string of the molecule is CC/C=C/C[Si](c1ccccc1)c1ccccc1. The number of hydrogen-bond donors (Lipinski definition) is 0. The van der Waals surface area contributed by atoms with Crippen LogP contribution in [0.5, 0.6) is 0 Å². The summed E-state index contributed by atoms with van der Waals surface area (Å²) in [5, 5.41) is 2.99. The standard InChI is InChI=1S/C17H19Si/c1-2-3-10-15-18(16-11-6-4-7-12-16)17-13-8-5-9-14-17/h3-14H,2,15H2,1H3/b10-3+. The number of hydrogen-bond acceptors (Lipinski definition) is 0. The Balaban J connectivity index is 2.26. The number of rotatable bonds is 5. The van der Waals surface area contributed by atoms with Gasteiger partial charge in [0.15, 0.2) is 0 Å². The zero-order chi connectivity index (χ0) is 12.6. The predicted molar refractivity (Wildman–Crippen MR) is 82.1 cm³/mol. The third-order valence-corrected chi connectivity index (χ3v) is 5.67. The molecule has 0 aliphatic rings.